The maximum Gasteiger partial charge on any atom is 0.311 e. The van der Waals surface area contributed by atoms with Crippen molar-refractivity contribution in [3.05, 3.63) is 54.1 Å². The quantitative estimate of drug-likeness (QED) is 0.0341. The fraction of sp³-hybridized carbons (Fsp3) is 0.558. The molecule has 0 saturated heterocycles. The minimum Gasteiger partial charge on any atom is -0.490 e. The van der Waals surface area contributed by atoms with Crippen LogP contribution in [0.1, 0.15) is 125 Å². The van der Waals surface area contributed by atoms with Crippen LogP contribution in [0.2, 0.25) is 0 Å². The van der Waals surface area contributed by atoms with E-state index in [1.165, 1.54) is 5.94 Å². The monoisotopic (exact) mass is 950 g/mol. The lowest BCUT2D eigenvalue weighted by Crippen LogP contribution is -2.28. The van der Waals surface area contributed by atoms with E-state index in [1.54, 1.807) is 36.9 Å². The summed E-state index contributed by atoms with van der Waals surface area (Å²) in [5.74, 6) is 2.67. The molecule has 2 aromatic heterocycles. The second-order valence-electron chi connectivity index (χ2n) is 18.3. The minimum atomic E-state index is -0.627. The van der Waals surface area contributed by atoms with E-state index in [9.17, 15) is 9.59 Å². The fourth-order valence-corrected chi connectivity index (χ4v) is 10.4. The number of methoxy groups -OCH3 is 2. The molecule has 12 nitrogen and oxygen atoms in total. The van der Waals surface area contributed by atoms with E-state index in [2.05, 4.69) is 93.9 Å². The molecule has 2 atom stereocenters. The van der Waals surface area contributed by atoms with E-state index in [0.29, 0.717) is 32.8 Å². The third-order valence-corrected chi connectivity index (χ3v) is 13.9. The molecule has 0 spiro atoms. The molecule has 0 fully saturated rings. The first kappa shape index (κ1) is 55.6. The predicted molar refractivity (Wildman–Crippen MR) is 270 cm³/mol. The Bertz CT molecular complexity index is 2460. The maximum atomic E-state index is 13.4. The Morgan fingerprint density at radius 1 is 0.636 bits per heavy atom. The highest BCUT2D eigenvalue weighted by Gasteiger charge is 2.33. The number of ether oxygens (including phenoxy) is 6. The second kappa shape index (κ2) is 25.4. The number of nitrogens with zero attached hydrogens (tertiary/aromatic N) is 2. The van der Waals surface area contributed by atoms with Gasteiger partial charge in [0, 0.05) is 41.3 Å². The van der Waals surface area contributed by atoms with Crippen molar-refractivity contribution in [2.45, 2.75) is 114 Å². The summed E-state index contributed by atoms with van der Waals surface area (Å²) in [6, 6.07) is 12.9. The van der Waals surface area contributed by atoms with Crippen LogP contribution in [0.5, 0.6) is 11.5 Å². The highest BCUT2D eigenvalue weighted by atomic mass is 32.1. The predicted octanol–water partition coefficient (Wildman–Crippen LogP) is 12.6. The standard InChI is InChI=1S/C49H70N2O8S2.C2H2O.CH2O/c1-15-30(16-2)40(58-46(52)48(5,6)7)32-21-23-35-36(28-32)60-44-39(51(35)12)43(57-27-26-55-14)45-38(42(44)56-25-19-24-54-13)50(11)34-22-20-33(29-37(34)61-45)41(31(17-3)18-4)59-47(53)49(8,9)10;1-2-3;1-2/h20-23,28-31,40-41H,15-19,24-27H2,1-14H3;1H2;1H2. The molecule has 0 amide bonds. The number of hydrogen-bond acceptors (Lipinski definition) is 12. The van der Waals surface area contributed by atoms with Crippen LogP contribution in [0.4, 0.5) is 0 Å². The van der Waals surface area contributed by atoms with Crippen LogP contribution in [0.25, 0.3) is 40.9 Å². The molecule has 2 heterocycles. The van der Waals surface area contributed by atoms with E-state index in [0.717, 1.165) is 89.2 Å². The van der Waals surface area contributed by atoms with Gasteiger partial charge in [-0.1, -0.05) is 39.8 Å². The molecule has 2 unspecified atom stereocenters. The van der Waals surface area contributed by atoms with E-state index in [4.69, 9.17) is 38.0 Å². The Labute approximate surface area is 399 Å². The zero-order valence-corrected chi connectivity index (χ0v) is 43.5. The summed E-state index contributed by atoms with van der Waals surface area (Å²) in [4.78, 5) is 43.3. The van der Waals surface area contributed by atoms with Crippen LogP contribution < -0.4 is 9.47 Å². The van der Waals surface area contributed by atoms with E-state index in [1.807, 2.05) is 48.3 Å². The lowest BCUT2D eigenvalue weighted by Gasteiger charge is -2.29. The third kappa shape index (κ3) is 13.0. The Morgan fingerprint density at radius 3 is 1.33 bits per heavy atom. The molecule has 66 heavy (non-hydrogen) atoms. The number of fused-ring (bicyclic) bond motifs is 4. The maximum absolute atomic E-state index is 13.4. The Balaban J connectivity index is 0.00000222. The third-order valence-electron chi connectivity index (χ3n) is 11.6. The average Bonchev–Trinajstić information content (AvgIpc) is 3.28. The number of aryl methyl sites for hydroxylation is 2. The van der Waals surface area contributed by atoms with Gasteiger partial charge in [0.25, 0.3) is 0 Å². The number of benzene rings is 3. The number of hydrogen-bond donors (Lipinski definition) is 0. The molecule has 14 heteroatoms. The lowest BCUT2D eigenvalue weighted by molar-refractivity contribution is -0.163. The normalized spacial score (nSPS) is 12.6. The highest BCUT2D eigenvalue weighted by molar-refractivity contribution is 7.26. The molecule has 5 aromatic rings. The van der Waals surface area contributed by atoms with Crippen molar-refractivity contribution in [1.29, 1.82) is 0 Å². The number of rotatable bonds is 19. The van der Waals surface area contributed by atoms with Gasteiger partial charge in [-0.05, 0) is 121 Å². The summed E-state index contributed by atoms with van der Waals surface area (Å²) in [6.45, 7) is 26.5. The van der Waals surface area contributed by atoms with Crippen molar-refractivity contribution in [2.75, 3.05) is 40.6 Å². The molecule has 0 aliphatic rings. The Kier molecular flexibility index (Phi) is 21.4. The number of carbonyl (C=O) groups is 3. The topological polar surface area (TPSA) is 134 Å². The molecule has 0 aliphatic carbocycles. The fourth-order valence-electron chi connectivity index (χ4n) is 7.79. The first-order valence-electron chi connectivity index (χ1n) is 22.8. The van der Waals surface area contributed by atoms with Crippen molar-refractivity contribution >= 4 is 88.2 Å². The molecule has 0 saturated carbocycles. The van der Waals surface area contributed by atoms with E-state index >= 15 is 0 Å². The van der Waals surface area contributed by atoms with Gasteiger partial charge in [0.1, 0.15) is 42.6 Å². The van der Waals surface area contributed by atoms with Crippen molar-refractivity contribution < 1.29 is 47.6 Å². The van der Waals surface area contributed by atoms with Crippen LogP contribution in [-0.4, -0.2) is 74.5 Å². The van der Waals surface area contributed by atoms with Gasteiger partial charge in [-0.25, -0.2) is 4.79 Å². The SMILES string of the molecule is C=C=O.C=O.CCC(CC)C(OC(=O)C(C)(C)C)c1ccc2c(c1)sc1c(OCCOC)c3c(sc4cc(C(OC(=O)C(C)(C)C)C(CC)CC)ccc4n3C)c(OCCCOC)c1n2C. The largest absolute Gasteiger partial charge is 0.490 e. The van der Waals surface area contributed by atoms with Gasteiger partial charge in [0.05, 0.1) is 53.9 Å². The zero-order valence-electron chi connectivity index (χ0n) is 41.8. The minimum absolute atomic E-state index is 0.164. The summed E-state index contributed by atoms with van der Waals surface area (Å²) in [5.41, 5.74) is 4.55. The van der Waals surface area contributed by atoms with Gasteiger partial charge in [-0.3, -0.25) is 9.59 Å². The van der Waals surface area contributed by atoms with Crippen LogP contribution in [-0.2, 0) is 52.2 Å². The molecule has 3 aromatic carbocycles. The van der Waals surface area contributed by atoms with Crippen LogP contribution in [0.15, 0.2) is 43.0 Å². The summed E-state index contributed by atoms with van der Waals surface area (Å²) >= 11 is 3.31. The van der Waals surface area contributed by atoms with Crippen molar-refractivity contribution in [2.24, 2.45) is 36.8 Å². The Morgan fingerprint density at radius 2 is 1.00 bits per heavy atom. The average molecular weight is 951 g/mol. The Hall–Kier alpha value is -4.72. The van der Waals surface area contributed by atoms with Gasteiger partial charge in [0.2, 0.25) is 0 Å². The van der Waals surface area contributed by atoms with Crippen molar-refractivity contribution in [3.8, 4) is 11.5 Å². The second-order valence-corrected chi connectivity index (χ2v) is 20.4. The van der Waals surface area contributed by atoms with Gasteiger partial charge in [-0.15, -0.1) is 22.7 Å². The summed E-state index contributed by atoms with van der Waals surface area (Å²) in [5, 5.41) is 0. The number of carbonyl (C=O) groups excluding carboxylic acids is 4. The molecular weight excluding hydrogens is 877 g/mol. The zero-order chi connectivity index (χ0) is 49.5. The highest BCUT2D eigenvalue weighted by Crippen LogP contribution is 2.50. The molecule has 364 valence electrons. The summed E-state index contributed by atoms with van der Waals surface area (Å²) < 4.78 is 45.7. The van der Waals surface area contributed by atoms with Crippen LogP contribution in [0, 0.1) is 22.7 Å². The summed E-state index contributed by atoms with van der Waals surface area (Å²) in [7, 11) is 7.54. The smallest absolute Gasteiger partial charge is 0.311 e. The lowest BCUT2D eigenvalue weighted by atomic mass is 9.90. The van der Waals surface area contributed by atoms with Crippen LogP contribution in [0.3, 0.4) is 0 Å². The summed E-state index contributed by atoms with van der Waals surface area (Å²) in [6.07, 6.45) is 3.47. The van der Waals surface area contributed by atoms with Crippen LogP contribution >= 0.6 is 22.7 Å². The van der Waals surface area contributed by atoms with Crippen molar-refractivity contribution in [3.63, 3.8) is 0 Å². The first-order chi connectivity index (χ1) is 31.4. The molecule has 0 bridgehead atoms. The first-order valence-corrected chi connectivity index (χ1v) is 24.4. The van der Waals surface area contributed by atoms with E-state index < -0.39 is 10.8 Å². The number of aromatic nitrogens is 2. The van der Waals surface area contributed by atoms with Gasteiger partial charge < -0.3 is 42.3 Å². The van der Waals surface area contributed by atoms with Gasteiger partial charge in [-0.2, -0.15) is 0 Å². The molecule has 5 rings (SSSR count). The van der Waals surface area contributed by atoms with E-state index in [-0.39, 0.29) is 36.0 Å². The molecular formula is C52H74N2O10S2. The van der Waals surface area contributed by atoms with Gasteiger partial charge in [0.15, 0.2) is 11.5 Å². The molecule has 0 radical (unpaired) electrons. The van der Waals surface area contributed by atoms with Gasteiger partial charge >= 0.3 is 11.9 Å². The number of esters is 2. The molecule has 0 aliphatic heterocycles. The molecule has 0 N–H and O–H groups in total. The van der Waals surface area contributed by atoms with Crippen molar-refractivity contribution in [1.82, 2.24) is 9.13 Å².